The molecule has 4 aromatic rings. The minimum absolute atomic E-state index is 0.0379. The molecule has 2 aromatic heterocycles. The average Bonchev–Trinajstić information content (AvgIpc) is 3.48. The third-order valence-electron chi connectivity index (χ3n) is 5.89. The predicted octanol–water partition coefficient (Wildman–Crippen LogP) is 4.32. The number of rotatable bonds is 6. The fraction of sp³-hybridized carbons (Fsp3) is 0.200. The van der Waals surface area contributed by atoms with E-state index in [0.717, 1.165) is 27.7 Å². The highest BCUT2D eigenvalue weighted by Gasteiger charge is 2.39. The largest absolute Gasteiger partial charge is 0.467 e. The van der Waals surface area contributed by atoms with E-state index < -0.39 is 0 Å². The summed E-state index contributed by atoms with van der Waals surface area (Å²) in [4.78, 5) is 31.0. The maximum Gasteiger partial charge on any atom is 0.255 e. The second-order valence-electron chi connectivity index (χ2n) is 7.80. The van der Waals surface area contributed by atoms with Gasteiger partial charge in [0.05, 0.1) is 18.8 Å². The molecule has 2 amide bonds. The molecule has 0 radical (unpaired) electrons. The van der Waals surface area contributed by atoms with Crippen LogP contribution < -0.4 is 5.32 Å². The van der Waals surface area contributed by atoms with Crippen molar-refractivity contribution in [3.05, 3.63) is 95.1 Å². The topological polar surface area (TPSA) is 78.3 Å². The molecule has 0 fully saturated rings. The van der Waals surface area contributed by atoms with Crippen LogP contribution in [0.2, 0.25) is 0 Å². The highest BCUT2D eigenvalue weighted by Crippen LogP contribution is 2.42. The Kier molecular flexibility index (Phi) is 4.82. The number of hydrogen-bond donors (Lipinski definition) is 2. The van der Waals surface area contributed by atoms with E-state index in [2.05, 4.69) is 16.4 Å². The van der Waals surface area contributed by atoms with E-state index in [1.807, 2.05) is 60.4 Å². The summed E-state index contributed by atoms with van der Waals surface area (Å²) in [5.74, 6) is 0.545. The van der Waals surface area contributed by atoms with Gasteiger partial charge in [-0.1, -0.05) is 36.4 Å². The van der Waals surface area contributed by atoms with Gasteiger partial charge in [-0.05, 0) is 36.8 Å². The molecule has 31 heavy (non-hydrogen) atoms. The zero-order valence-electron chi connectivity index (χ0n) is 17.2. The first-order chi connectivity index (χ1) is 15.1. The van der Waals surface area contributed by atoms with Crippen molar-refractivity contribution in [3.8, 4) is 0 Å². The van der Waals surface area contributed by atoms with Crippen molar-refractivity contribution in [1.29, 1.82) is 0 Å². The van der Waals surface area contributed by atoms with Gasteiger partial charge in [-0.3, -0.25) is 9.59 Å². The second kappa shape index (κ2) is 7.80. The van der Waals surface area contributed by atoms with Gasteiger partial charge in [0, 0.05) is 40.7 Å². The molecule has 6 nitrogen and oxygen atoms in total. The van der Waals surface area contributed by atoms with E-state index in [1.54, 1.807) is 12.3 Å². The monoisotopic (exact) mass is 413 g/mol. The molecule has 3 heterocycles. The Morgan fingerprint density at radius 3 is 2.74 bits per heavy atom. The molecule has 5 rings (SSSR count). The molecule has 1 atom stereocenters. The van der Waals surface area contributed by atoms with Gasteiger partial charge in [-0.2, -0.15) is 0 Å². The summed E-state index contributed by atoms with van der Waals surface area (Å²) >= 11 is 0. The van der Waals surface area contributed by atoms with Gasteiger partial charge >= 0.3 is 0 Å². The molecule has 6 heteroatoms. The summed E-state index contributed by atoms with van der Waals surface area (Å²) in [6.07, 6.45) is 1.80. The van der Waals surface area contributed by atoms with Crippen LogP contribution >= 0.6 is 0 Å². The Bertz CT molecular complexity index is 1260. The number of H-pyrrole nitrogens is 1. The average molecular weight is 413 g/mol. The van der Waals surface area contributed by atoms with Crippen molar-refractivity contribution in [2.45, 2.75) is 25.9 Å². The quantitative estimate of drug-likeness (QED) is 0.494. The molecule has 1 aliphatic heterocycles. The lowest BCUT2D eigenvalue weighted by atomic mass is 9.95. The number of aromatic nitrogens is 1. The molecule has 0 aliphatic carbocycles. The number of fused-ring (bicyclic) bond motifs is 2. The normalized spacial score (nSPS) is 15.5. The fourth-order valence-corrected chi connectivity index (χ4v) is 4.47. The number of carbonyl (C=O) groups excluding carboxylic acids is 2. The number of benzene rings is 2. The number of amides is 2. The van der Waals surface area contributed by atoms with Crippen molar-refractivity contribution >= 4 is 22.7 Å². The highest BCUT2D eigenvalue weighted by atomic mass is 16.3. The number of carbonyl (C=O) groups is 2. The lowest BCUT2D eigenvalue weighted by Crippen LogP contribution is -2.33. The number of para-hydroxylation sites is 1. The van der Waals surface area contributed by atoms with Crippen LogP contribution in [0.15, 0.2) is 71.3 Å². The predicted molar refractivity (Wildman–Crippen MR) is 118 cm³/mol. The molecular formula is C25H23N3O3. The minimum Gasteiger partial charge on any atom is -0.467 e. The van der Waals surface area contributed by atoms with Crippen molar-refractivity contribution in [2.75, 3.05) is 6.54 Å². The van der Waals surface area contributed by atoms with Gasteiger partial charge in [0.2, 0.25) is 5.91 Å². The number of aryl methyl sites for hydroxylation is 1. The third kappa shape index (κ3) is 3.40. The molecule has 0 saturated heterocycles. The smallest absolute Gasteiger partial charge is 0.255 e. The van der Waals surface area contributed by atoms with Gasteiger partial charge in [0.15, 0.2) is 0 Å². The molecule has 156 valence electrons. The molecular weight excluding hydrogens is 390 g/mol. The number of nitrogens with one attached hydrogen (secondary N) is 2. The molecule has 2 aromatic carbocycles. The molecule has 0 bridgehead atoms. The van der Waals surface area contributed by atoms with E-state index >= 15 is 0 Å². The van der Waals surface area contributed by atoms with Crippen LogP contribution in [0.1, 0.15) is 45.4 Å². The summed E-state index contributed by atoms with van der Waals surface area (Å²) in [7, 11) is 0. The maximum absolute atomic E-state index is 13.3. The summed E-state index contributed by atoms with van der Waals surface area (Å²) in [6.45, 7) is 2.71. The highest BCUT2D eigenvalue weighted by molar-refractivity contribution is 6.01. The SMILES string of the molecule is Cc1[nH]c2ccccc2c1[C@@H]1c2ccccc2C(=O)N1CCC(=O)NCc1ccco1. The summed E-state index contributed by atoms with van der Waals surface area (Å²) in [5, 5.41) is 3.96. The molecule has 0 unspecified atom stereocenters. The van der Waals surface area contributed by atoms with Crippen molar-refractivity contribution in [2.24, 2.45) is 0 Å². The fourth-order valence-electron chi connectivity index (χ4n) is 4.47. The summed E-state index contributed by atoms with van der Waals surface area (Å²) in [6, 6.07) is 19.2. The van der Waals surface area contributed by atoms with Gasteiger partial charge in [0.25, 0.3) is 5.91 Å². The van der Waals surface area contributed by atoms with E-state index in [-0.39, 0.29) is 24.3 Å². The lowest BCUT2D eigenvalue weighted by Gasteiger charge is -2.26. The van der Waals surface area contributed by atoms with Crippen LogP contribution in [0.25, 0.3) is 10.9 Å². The Balaban J connectivity index is 1.43. The van der Waals surface area contributed by atoms with Crippen LogP contribution in [0.3, 0.4) is 0 Å². The zero-order chi connectivity index (χ0) is 21.4. The first-order valence-corrected chi connectivity index (χ1v) is 10.4. The van der Waals surface area contributed by atoms with E-state index in [0.29, 0.717) is 24.4 Å². The van der Waals surface area contributed by atoms with Gasteiger partial charge in [-0.25, -0.2) is 0 Å². The van der Waals surface area contributed by atoms with Crippen LogP contribution in [0.4, 0.5) is 0 Å². The number of furan rings is 1. The Hall–Kier alpha value is -3.80. The van der Waals surface area contributed by atoms with E-state index in [4.69, 9.17) is 4.42 Å². The Morgan fingerprint density at radius 2 is 1.90 bits per heavy atom. The molecule has 0 saturated carbocycles. The third-order valence-corrected chi connectivity index (χ3v) is 5.89. The van der Waals surface area contributed by atoms with Crippen molar-refractivity contribution in [3.63, 3.8) is 0 Å². The van der Waals surface area contributed by atoms with Crippen LogP contribution in [-0.2, 0) is 11.3 Å². The van der Waals surface area contributed by atoms with Gasteiger partial charge < -0.3 is 19.6 Å². The summed E-state index contributed by atoms with van der Waals surface area (Å²) in [5.41, 5.74) is 4.85. The summed E-state index contributed by atoms with van der Waals surface area (Å²) < 4.78 is 5.26. The van der Waals surface area contributed by atoms with Gasteiger partial charge in [-0.15, -0.1) is 0 Å². The zero-order valence-corrected chi connectivity index (χ0v) is 17.2. The van der Waals surface area contributed by atoms with Crippen LogP contribution in [0.5, 0.6) is 0 Å². The van der Waals surface area contributed by atoms with E-state index in [9.17, 15) is 9.59 Å². The lowest BCUT2D eigenvalue weighted by molar-refractivity contribution is -0.121. The maximum atomic E-state index is 13.3. The van der Waals surface area contributed by atoms with E-state index in [1.165, 1.54) is 0 Å². The number of nitrogens with zero attached hydrogens (tertiary/aromatic N) is 1. The Labute approximate surface area is 179 Å². The number of hydrogen-bond acceptors (Lipinski definition) is 3. The molecule has 1 aliphatic rings. The number of aromatic amines is 1. The van der Waals surface area contributed by atoms with Crippen LogP contribution in [0, 0.1) is 6.92 Å². The molecule has 2 N–H and O–H groups in total. The standard InChI is InChI=1S/C25H23N3O3/c1-16-23(20-10-4-5-11-21(20)27-16)24-18-8-2-3-9-19(18)25(30)28(24)13-12-22(29)26-15-17-7-6-14-31-17/h2-11,14,24,27H,12-13,15H2,1H3,(H,26,29)/t24-/m0/s1. The van der Waals surface area contributed by atoms with Gasteiger partial charge in [0.1, 0.15) is 5.76 Å². The second-order valence-corrected chi connectivity index (χ2v) is 7.80. The first kappa shape index (κ1) is 19.2. The van der Waals surface area contributed by atoms with Crippen LogP contribution in [-0.4, -0.2) is 28.2 Å². The first-order valence-electron chi connectivity index (χ1n) is 10.4. The minimum atomic E-state index is -0.224. The van der Waals surface area contributed by atoms with Crippen molar-refractivity contribution in [1.82, 2.24) is 15.2 Å². The van der Waals surface area contributed by atoms with Crippen molar-refractivity contribution < 1.29 is 14.0 Å². The molecule has 0 spiro atoms. The Morgan fingerprint density at radius 1 is 1.10 bits per heavy atom.